The summed E-state index contributed by atoms with van der Waals surface area (Å²) in [6.07, 6.45) is 0. The van der Waals surface area contributed by atoms with Crippen LogP contribution < -0.4 is 15.4 Å². The standard InChI is InChI=1S/C20H26N4O2/c1-24(2)19(25)15-23-20(21-13-16-7-5-4-6-8-16)22-14-17-9-11-18(26-3)12-10-17/h4-12H,13-15H2,1-3H3,(H2,21,22,23). The molecule has 1 amide bonds. The Labute approximate surface area is 154 Å². The second kappa shape index (κ2) is 10.1. The second-order valence-electron chi connectivity index (χ2n) is 5.99. The zero-order chi connectivity index (χ0) is 18.8. The highest BCUT2D eigenvalue weighted by Gasteiger charge is 2.06. The van der Waals surface area contributed by atoms with E-state index in [1.807, 2.05) is 54.6 Å². The third-order valence-corrected chi connectivity index (χ3v) is 3.79. The Bertz CT molecular complexity index is 712. The van der Waals surface area contributed by atoms with Crippen molar-refractivity contribution in [2.45, 2.75) is 13.1 Å². The van der Waals surface area contributed by atoms with Crippen molar-refractivity contribution >= 4 is 11.9 Å². The van der Waals surface area contributed by atoms with Crippen molar-refractivity contribution in [3.8, 4) is 5.75 Å². The number of benzene rings is 2. The van der Waals surface area contributed by atoms with Gasteiger partial charge in [0.1, 0.15) is 5.75 Å². The fourth-order valence-corrected chi connectivity index (χ4v) is 2.17. The zero-order valence-electron chi connectivity index (χ0n) is 15.5. The molecule has 2 aromatic rings. The van der Waals surface area contributed by atoms with Crippen LogP contribution in [0.25, 0.3) is 0 Å². The van der Waals surface area contributed by atoms with E-state index in [2.05, 4.69) is 15.6 Å². The maximum Gasteiger partial charge on any atom is 0.241 e. The molecular formula is C20H26N4O2. The minimum absolute atomic E-state index is 0.0105. The highest BCUT2D eigenvalue weighted by atomic mass is 16.5. The van der Waals surface area contributed by atoms with Crippen LogP contribution in [0.2, 0.25) is 0 Å². The number of amides is 1. The third kappa shape index (κ3) is 6.47. The predicted octanol–water partition coefficient (Wildman–Crippen LogP) is 2.02. The largest absolute Gasteiger partial charge is 0.497 e. The molecule has 2 aromatic carbocycles. The monoisotopic (exact) mass is 354 g/mol. The van der Waals surface area contributed by atoms with E-state index in [1.54, 1.807) is 26.1 Å². The van der Waals surface area contributed by atoms with E-state index in [0.29, 0.717) is 19.0 Å². The average molecular weight is 354 g/mol. The Morgan fingerprint density at radius 1 is 1.00 bits per heavy atom. The molecular weight excluding hydrogens is 328 g/mol. The first kappa shape index (κ1) is 19.3. The summed E-state index contributed by atoms with van der Waals surface area (Å²) < 4.78 is 5.17. The minimum atomic E-state index is -0.0105. The lowest BCUT2D eigenvalue weighted by molar-refractivity contribution is -0.127. The first-order valence-electron chi connectivity index (χ1n) is 8.47. The van der Waals surface area contributed by atoms with Gasteiger partial charge in [0, 0.05) is 20.6 Å². The van der Waals surface area contributed by atoms with Gasteiger partial charge in [-0.25, -0.2) is 4.99 Å². The number of guanidine groups is 1. The van der Waals surface area contributed by atoms with Crippen LogP contribution >= 0.6 is 0 Å². The number of methoxy groups -OCH3 is 1. The number of ether oxygens (including phenoxy) is 1. The summed E-state index contributed by atoms with van der Waals surface area (Å²) in [6, 6.07) is 17.8. The quantitative estimate of drug-likeness (QED) is 0.590. The van der Waals surface area contributed by atoms with E-state index in [9.17, 15) is 4.79 Å². The lowest BCUT2D eigenvalue weighted by Gasteiger charge is -2.15. The van der Waals surface area contributed by atoms with Crippen LogP contribution in [0.3, 0.4) is 0 Å². The number of nitrogens with zero attached hydrogens (tertiary/aromatic N) is 2. The summed E-state index contributed by atoms with van der Waals surface area (Å²) >= 11 is 0. The number of carbonyl (C=O) groups is 1. The number of nitrogens with one attached hydrogen (secondary N) is 2. The van der Waals surface area contributed by atoms with Crippen molar-refractivity contribution < 1.29 is 9.53 Å². The van der Waals surface area contributed by atoms with E-state index in [-0.39, 0.29) is 12.5 Å². The normalized spacial score (nSPS) is 11.0. The molecule has 0 radical (unpaired) electrons. The smallest absolute Gasteiger partial charge is 0.241 e. The van der Waals surface area contributed by atoms with Gasteiger partial charge in [0.25, 0.3) is 0 Å². The van der Waals surface area contributed by atoms with Crippen molar-refractivity contribution in [1.82, 2.24) is 15.5 Å². The average Bonchev–Trinajstić information content (AvgIpc) is 2.68. The number of likely N-dealkylation sites (N-methyl/N-ethyl adjacent to an activating group) is 1. The first-order valence-corrected chi connectivity index (χ1v) is 8.47. The summed E-state index contributed by atoms with van der Waals surface area (Å²) in [7, 11) is 5.11. The van der Waals surface area contributed by atoms with E-state index in [4.69, 9.17) is 4.74 Å². The molecule has 0 saturated heterocycles. The van der Waals surface area contributed by atoms with Crippen molar-refractivity contribution in [3.63, 3.8) is 0 Å². The van der Waals surface area contributed by atoms with Gasteiger partial charge in [0.2, 0.25) is 5.91 Å². The zero-order valence-corrected chi connectivity index (χ0v) is 15.5. The molecule has 0 aliphatic carbocycles. The molecule has 138 valence electrons. The van der Waals surface area contributed by atoms with Gasteiger partial charge in [-0.15, -0.1) is 0 Å². The van der Waals surface area contributed by atoms with Crippen LogP contribution in [0.1, 0.15) is 11.1 Å². The fourth-order valence-electron chi connectivity index (χ4n) is 2.17. The molecule has 0 aromatic heterocycles. The van der Waals surface area contributed by atoms with Crippen LogP contribution in [0.5, 0.6) is 5.75 Å². The van der Waals surface area contributed by atoms with Crippen LogP contribution in [0.15, 0.2) is 59.6 Å². The van der Waals surface area contributed by atoms with E-state index >= 15 is 0 Å². The predicted molar refractivity (Wildman–Crippen MR) is 104 cm³/mol. The highest BCUT2D eigenvalue weighted by molar-refractivity contribution is 5.86. The van der Waals surface area contributed by atoms with E-state index < -0.39 is 0 Å². The first-order chi connectivity index (χ1) is 12.6. The molecule has 0 spiro atoms. The maximum absolute atomic E-state index is 11.8. The van der Waals surface area contributed by atoms with Crippen LogP contribution in [0, 0.1) is 0 Å². The number of hydrogen-bond donors (Lipinski definition) is 2. The van der Waals surface area contributed by atoms with Crippen LogP contribution in [0.4, 0.5) is 0 Å². The van der Waals surface area contributed by atoms with Gasteiger partial charge < -0.3 is 20.3 Å². The molecule has 0 atom stereocenters. The summed E-state index contributed by atoms with van der Waals surface area (Å²) in [5, 5.41) is 6.35. The van der Waals surface area contributed by atoms with Gasteiger partial charge >= 0.3 is 0 Å². The van der Waals surface area contributed by atoms with Gasteiger partial charge in [-0.1, -0.05) is 42.5 Å². The molecule has 0 fully saturated rings. The molecule has 26 heavy (non-hydrogen) atoms. The molecule has 0 saturated carbocycles. The van der Waals surface area contributed by atoms with Gasteiger partial charge in [-0.3, -0.25) is 4.79 Å². The molecule has 2 N–H and O–H groups in total. The highest BCUT2D eigenvalue weighted by Crippen LogP contribution is 2.10. The summed E-state index contributed by atoms with van der Waals surface area (Å²) in [4.78, 5) is 18.0. The van der Waals surface area contributed by atoms with Crippen molar-refractivity contribution in [2.24, 2.45) is 4.99 Å². The van der Waals surface area contributed by atoms with Crippen molar-refractivity contribution in [2.75, 3.05) is 27.7 Å². The molecule has 2 rings (SSSR count). The third-order valence-electron chi connectivity index (χ3n) is 3.79. The Morgan fingerprint density at radius 3 is 2.31 bits per heavy atom. The summed E-state index contributed by atoms with van der Waals surface area (Å²) in [5.41, 5.74) is 2.20. The summed E-state index contributed by atoms with van der Waals surface area (Å²) in [6.45, 7) is 1.33. The number of rotatable bonds is 7. The number of carbonyl (C=O) groups excluding carboxylic acids is 1. The van der Waals surface area contributed by atoms with E-state index in [0.717, 1.165) is 16.9 Å². The minimum Gasteiger partial charge on any atom is -0.497 e. The van der Waals surface area contributed by atoms with Crippen molar-refractivity contribution in [3.05, 3.63) is 65.7 Å². The fraction of sp³-hybridized carbons (Fsp3) is 0.300. The second-order valence-corrected chi connectivity index (χ2v) is 5.99. The Balaban J connectivity index is 1.99. The lowest BCUT2D eigenvalue weighted by atomic mass is 10.2. The lowest BCUT2D eigenvalue weighted by Crippen LogP contribution is -2.42. The van der Waals surface area contributed by atoms with E-state index in [1.165, 1.54) is 0 Å². The topological polar surface area (TPSA) is 66.0 Å². The maximum atomic E-state index is 11.8. The van der Waals surface area contributed by atoms with Gasteiger partial charge in [0.15, 0.2) is 5.96 Å². The number of aliphatic imine (C=N–C) groups is 1. The Kier molecular flexibility index (Phi) is 7.49. The van der Waals surface area contributed by atoms with Crippen LogP contribution in [-0.2, 0) is 17.9 Å². The SMILES string of the molecule is COc1ccc(CNC(=NCc2ccccc2)NCC(=O)N(C)C)cc1. The van der Waals surface area contributed by atoms with Gasteiger partial charge in [0.05, 0.1) is 20.2 Å². The molecule has 6 nitrogen and oxygen atoms in total. The molecule has 0 bridgehead atoms. The van der Waals surface area contributed by atoms with Gasteiger partial charge in [-0.05, 0) is 23.3 Å². The summed E-state index contributed by atoms with van der Waals surface area (Å²) in [5.74, 6) is 1.41. The van der Waals surface area contributed by atoms with Crippen molar-refractivity contribution in [1.29, 1.82) is 0 Å². The Hall–Kier alpha value is -3.02. The van der Waals surface area contributed by atoms with Gasteiger partial charge in [-0.2, -0.15) is 0 Å². The molecule has 0 unspecified atom stereocenters. The molecule has 0 aliphatic rings. The number of hydrogen-bond acceptors (Lipinski definition) is 3. The molecule has 0 aliphatic heterocycles. The molecule has 0 heterocycles. The van der Waals surface area contributed by atoms with Crippen LogP contribution in [-0.4, -0.2) is 44.5 Å². The Morgan fingerprint density at radius 2 is 1.69 bits per heavy atom. The molecule has 6 heteroatoms.